The highest BCUT2D eigenvalue weighted by Crippen LogP contribution is 2.40. The van der Waals surface area contributed by atoms with Crippen molar-refractivity contribution in [1.29, 1.82) is 0 Å². The first-order chi connectivity index (χ1) is 11.1. The Hall–Kier alpha value is -2.77. The van der Waals surface area contributed by atoms with E-state index in [1.807, 2.05) is 6.92 Å². The number of nitrogens with one attached hydrogen (secondary N) is 2. The number of carbonyl (C=O) groups is 1. The molecule has 1 atom stereocenters. The van der Waals surface area contributed by atoms with Gasteiger partial charge in [0.25, 0.3) is 0 Å². The number of anilines is 1. The Balaban J connectivity index is 1.97. The molecule has 1 aliphatic rings. The second kappa shape index (κ2) is 4.87. The Morgan fingerprint density at radius 1 is 1.30 bits per heavy atom. The van der Waals surface area contributed by atoms with Crippen LogP contribution < -0.4 is 5.32 Å². The third-order valence-electron chi connectivity index (χ3n) is 4.35. The van der Waals surface area contributed by atoms with Crippen LogP contribution in [0.3, 0.4) is 0 Å². The van der Waals surface area contributed by atoms with E-state index in [0.717, 1.165) is 11.3 Å². The van der Waals surface area contributed by atoms with Crippen molar-refractivity contribution in [3.63, 3.8) is 0 Å². The van der Waals surface area contributed by atoms with Gasteiger partial charge in [-0.2, -0.15) is 9.78 Å². The molecule has 0 aromatic carbocycles. The Kier molecular flexibility index (Phi) is 2.93. The zero-order valence-electron chi connectivity index (χ0n) is 13.2. The first-order valence-electron chi connectivity index (χ1n) is 7.60. The average molecular weight is 311 g/mol. The van der Waals surface area contributed by atoms with E-state index in [2.05, 4.69) is 44.2 Å². The first kappa shape index (κ1) is 13.9. The highest BCUT2D eigenvalue weighted by molar-refractivity contribution is 5.95. The number of aromatic amines is 1. The molecule has 0 saturated carbocycles. The van der Waals surface area contributed by atoms with Crippen molar-refractivity contribution in [1.82, 2.24) is 29.7 Å². The number of amides is 1. The minimum atomic E-state index is 0.00672. The van der Waals surface area contributed by atoms with E-state index < -0.39 is 0 Å². The van der Waals surface area contributed by atoms with Gasteiger partial charge in [-0.15, -0.1) is 0 Å². The number of rotatable bonds is 2. The molecular weight excluding hydrogens is 294 g/mol. The summed E-state index contributed by atoms with van der Waals surface area (Å²) in [7, 11) is 0. The third kappa shape index (κ3) is 2.01. The van der Waals surface area contributed by atoms with E-state index in [1.165, 1.54) is 6.33 Å². The van der Waals surface area contributed by atoms with Gasteiger partial charge in [-0.1, -0.05) is 13.8 Å². The Labute approximate surface area is 132 Å². The van der Waals surface area contributed by atoms with Crippen molar-refractivity contribution in [2.24, 2.45) is 5.92 Å². The fraction of sp³-hybridized carbons (Fsp3) is 0.400. The zero-order valence-corrected chi connectivity index (χ0v) is 13.2. The van der Waals surface area contributed by atoms with E-state index in [1.54, 1.807) is 11.0 Å². The van der Waals surface area contributed by atoms with E-state index in [9.17, 15) is 4.79 Å². The lowest BCUT2D eigenvalue weighted by Crippen LogP contribution is -2.26. The van der Waals surface area contributed by atoms with E-state index in [0.29, 0.717) is 35.1 Å². The highest BCUT2D eigenvalue weighted by atomic mass is 16.1. The molecule has 0 aliphatic carbocycles. The van der Waals surface area contributed by atoms with Gasteiger partial charge in [0.05, 0.1) is 12.0 Å². The van der Waals surface area contributed by atoms with Gasteiger partial charge in [-0.25, -0.2) is 15.0 Å². The molecular formula is C15H17N7O. The smallest absolute Gasteiger partial charge is 0.226 e. The summed E-state index contributed by atoms with van der Waals surface area (Å²) in [6, 6.07) is 0. The topological polar surface area (TPSA) is 101 Å². The lowest BCUT2D eigenvalue weighted by atomic mass is 9.83. The molecule has 3 aromatic heterocycles. The van der Waals surface area contributed by atoms with E-state index in [-0.39, 0.29) is 11.8 Å². The number of aryl methyl sites for hydroxylation is 1. The Bertz CT molecular complexity index is 908. The molecule has 1 aliphatic heterocycles. The number of fused-ring (bicyclic) bond motifs is 2. The van der Waals surface area contributed by atoms with Crippen molar-refractivity contribution in [2.75, 3.05) is 5.32 Å². The third-order valence-corrected chi connectivity index (χ3v) is 4.35. The standard InChI is InChI=1S/C15H17N7O/c1-7(2)9-4-10(23)20-14-11(9)8(3)21-22(14)15-12-13(17-5-16-12)18-6-19-15/h5-7,9H,4H2,1-3H3,(H,20,23)(H,16,17,18,19). The van der Waals surface area contributed by atoms with Gasteiger partial charge in [0, 0.05) is 17.9 Å². The van der Waals surface area contributed by atoms with Crippen LogP contribution in [0.25, 0.3) is 17.0 Å². The SMILES string of the molecule is Cc1nn(-c2ncnc3nc[nH]c23)c2c1C(C(C)C)CC(=O)N2. The molecule has 0 saturated heterocycles. The van der Waals surface area contributed by atoms with Crippen molar-refractivity contribution in [3.05, 3.63) is 23.9 Å². The number of hydrogen-bond acceptors (Lipinski definition) is 5. The van der Waals surface area contributed by atoms with Gasteiger partial charge in [-0.3, -0.25) is 4.79 Å². The average Bonchev–Trinajstić information content (AvgIpc) is 3.11. The molecule has 23 heavy (non-hydrogen) atoms. The molecule has 4 rings (SSSR count). The molecule has 0 spiro atoms. The zero-order chi connectivity index (χ0) is 16.1. The summed E-state index contributed by atoms with van der Waals surface area (Å²) in [4.78, 5) is 27.8. The molecule has 8 nitrogen and oxygen atoms in total. The minimum absolute atomic E-state index is 0.00672. The molecule has 0 radical (unpaired) electrons. The lowest BCUT2D eigenvalue weighted by Gasteiger charge is -2.26. The van der Waals surface area contributed by atoms with Gasteiger partial charge in [0.2, 0.25) is 5.91 Å². The van der Waals surface area contributed by atoms with Gasteiger partial charge in [0.1, 0.15) is 17.7 Å². The molecule has 118 valence electrons. The highest BCUT2D eigenvalue weighted by Gasteiger charge is 2.33. The summed E-state index contributed by atoms with van der Waals surface area (Å²) >= 11 is 0. The maximum Gasteiger partial charge on any atom is 0.226 e. The number of H-pyrrole nitrogens is 1. The summed E-state index contributed by atoms with van der Waals surface area (Å²) in [6.07, 6.45) is 3.51. The van der Waals surface area contributed by atoms with E-state index in [4.69, 9.17) is 0 Å². The number of aromatic nitrogens is 6. The maximum absolute atomic E-state index is 12.1. The van der Waals surface area contributed by atoms with Crippen molar-refractivity contribution < 1.29 is 4.79 Å². The fourth-order valence-electron chi connectivity index (χ4n) is 3.22. The predicted octanol–water partition coefficient (Wildman–Crippen LogP) is 1.93. The monoisotopic (exact) mass is 311 g/mol. The summed E-state index contributed by atoms with van der Waals surface area (Å²) in [6.45, 7) is 6.22. The van der Waals surface area contributed by atoms with Crippen LogP contribution >= 0.6 is 0 Å². The number of nitrogens with zero attached hydrogens (tertiary/aromatic N) is 5. The summed E-state index contributed by atoms with van der Waals surface area (Å²) in [5.41, 5.74) is 3.26. The normalized spacial score (nSPS) is 17.6. The van der Waals surface area contributed by atoms with Crippen LogP contribution in [-0.2, 0) is 4.79 Å². The van der Waals surface area contributed by atoms with Crippen LogP contribution in [0.2, 0.25) is 0 Å². The van der Waals surface area contributed by atoms with Gasteiger partial charge >= 0.3 is 0 Å². The van der Waals surface area contributed by atoms with Crippen LogP contribution in [0.5, 0.6) is 0 Å². The summed E-state index contributed by atoms with van der Waals surface area (Å²) in [5, 5.41) is 7.58. The molecule has 4 heterocycles. The van der Waals surface area contributed by atoms with Crippen molar-refractivity contribution in [3.8, 4) is 5.82 Å². The largest absolute Gasteiger partial charge is 0.340 e. The second-order valence-electron chi connectivity index (χ2n) is 6.16. The van der Waals surface area contributed by atoms with Crippen molar-refractivity contribution >= 4 is 22.9 Å². The first-order valence-corrected chi connectivity index (χ1v) is 7.60. The molecule has 0 fully saturated rings. The molecule has 8 heteroatoms. The predicted molar refractivity (Wildman–Crippen MR) is 84.4 cm³/mol. The number of hydrogen-bond donors (Lipinski definition) is 2. The second-order valence-corrected chi connectivity index (χ2v) is 6.16. The minimum Gasteiger partial charge on any atom is -0.340 e. The van der Waals surface area contributed by atoms with Gasteiger partial charge in [-0.05, 0) is 12.8 Å². The maximum atomic E-state index is 12.1. The Morgan fingerprint density at radius 3 is 2.91 bits per heavy atom. The molecule has 0 bridgehead atoms. The molecule has 1 amide bonds. The molecule has 1 unspecified atom stereocenters. The van der Waals surface area contributed by atoms with Gasteiger partial charge in [0.15, 0.2) is 11.5 Å². The van der Waals surface area contributed by atoms with Crippen molar-refractivity contribution in [2.45, 2.75) is 33.1 Å². The molecule has 3 aromatic rings. The van der Waals surface area contributed by atoms with Crippen LogP contribution in [0.1, 0.15) is 37.4 Å². The summed E-state index contributed by atoms with van der Waals surface area (Å²) < 4.78 is 1.68. The fourth-order valence-corrected chi connectivity index (χ4v) is 3.22. The Morgan fingerprint density at radius 2 is 2.13 bits per heavy atom. The number of imidazole rings is 1. The van der Waals surface area contributed by atoms with E-state index >= 15 is 0 Å². The molecule has 2 N–H and O–H groups in total. The number of carbonyl (C=O) groups excluding carboxylic acids is 1. The van der Waals surface area contributed by atoms with Crippen LogP contribution in [0.4, 0.5) is 5.82 Å². The lowest BCUT2D eigenvalue weighted by molar-refractivity contribution is -0.117. The quantitative estimate of drug-likeness (QED) is 0.753. The summed E-state index contributed by atoms with van der Waals surface area (Å²) in [5.74, 6) is 1.81. The van der Waals surface area contributed by atoms with Crippen LogP contribution in [0.15, 0.2) is 12.7 Å². The van der Waals surface area contributed by atoms with Crippen LogP contribution in [-0.4, -0.2) is 35.6 Å². The van der Waals surface area contributed by atoms with Crippen LogP contribution in [0, 0.1) is 12.8 Å². The van der Waals surface area contributed by atoms with Gasteiger partial charge < -0.3 is 10.3 Å².